The van der Waals surface area contributed by atoms with Crippen molar-refractivity contribution < 1.29 is 14.4 Å². The molecule has 0 bridgehead atoms. The van der Waals surface area contributed by atoms with Gasteiger partial charge in [-0.05, 0) is 55.4 Å². The van der Waals surface area contributed by atoms with Gasteiger partial charge >= 0.3 is 0 Å². The first-order chi connectivity index (χ1) is 13.6. The number of hydrogen-bond acceptors (Lipinski definition) is 5. The molecule has 1 unspecified atom stereocenters. The molecule has 2 N–H and O–H groups in total. The highest BCUT2D eigenvalue weighted by molar-refractivity contribution is 6.05. The van der Waals surface area contributed by atoms with Crippen molar-refractivity contribution in [2.45, 2.75) is 38.4 Å². The van der Waals surface area contributed by atoms with Gasteiger partial charge < -0.3 is 10.2 Å². The van der Waals surface area contributed by atoms with E-state index in [1.807, 2.05) is 18.2 Å². The summed E-state index contributed by atoms with van der Waals surface area (Å²) in [5, 5.41) is 5.87. The Balaban J connectivity index is 1.34. The predicted octanol–water partition coefficient (Wildman–Crippen LogP) is 0.489. The molecule has 148 valence electrons. The first-order valence-corrected chi connectivity index (χ1v) is 10.3. The lowest BCUT2D eigenvalue weighted by Gasteiger charge is -2.34. The van der Waals surface area contributed by atoms with E-state index in [0.29, 0.717) is 18.9 Å². The smallest absolute Gasteiger partial charge is 0.255 e. The predicted molar refractivity (Wildman–Crippen MR) is 102 cm³/mol. The highest BCUT2D eigenvalue weighted by atomic mass is 16.2. The van der Waals surface area contributed by atoms with Crippen LogP contribution in [0.5, 0.6) is 0 Å². The van der Waals surface area contributed by atoms with Crippen LogP contribution in [0.15, 0.2) is 18.2 Å². The van der Waals surface area contributed by atoms with Gasteiger partial charge in [0, 0.05) is 31.6 Å². The summed E-state index contributed by atoms with van der Waals surface area (Å²) in [6, 6.07) is 5.49. The van der Waals surface area contributed by atoms with Crippen molar-refractivity contribution in [3.8, 4) is 0 Å². The fraction of sp³-hybridized carbons (Fsp3) is 0.571. The fourth-order valence-corrected chi connectivity index (χ4v) is 5.32. The van der Waals surface area contributed by atoms with Gasteiger partial charge in [0.15, 0.2) is 0 Å². The van der Waals surface area contributed by atoms with E-state index < -0.39 is 6.04 Å². The molecule has 1 aromatic rings. The molecule has 5 rings (SSSR count). The molecule has 3 amide bonds. The Labute approximate surface area is 164 Å². The summed E-state index contributed by atoms with van der Waals surface area (Å²) in [6.07, 6.45) is 1.90. The second kappa shape index (κ2) is 6.97. The molecule has 0 radical (unpaired) electrons. The lowest BCUT2D eigenvalue weighted by atomic mass is 9.88. The van der Waals surface area contributed by atoms with E-state index in [1.54, 1.807) is 4.90 Å². The monoisotopic (exact) mass is 382 g/mol. The number of amides is 3. The Bertz CT molecular complexity index is 839. The van der Waals surface area contributed by atoms with Gasteiger partial charge in [-0.3, -0.25) is 24.6 Å². The van der Waals surface area contributed by atoms with E-state index >= 15 is 0 Å². The Kier molecular flexibility index (Phi) is 4.44. The molecule has 0 aromatic heterocycles. The Morgan fingerprint density at radius 2 is 1.93 bits per heavy atom. The molecule has 3 fully saturated rings. The molecule has 7 nitrogen and oxygen atoms in total. The minimum absolute atomic E-state index is 0.0717. The van der Waals surface area contributed by atoms with Crippen LogP contribution in [0.1, 0.15) is 40.7 Å². The minimum Gasteiger partial charge on any atom is -0.322 e. The molecule has 3 saturated heterocycles. The van der Waals surface area contributed by atoms with Crippen molar-refractivity contribution in [1.29, 1.82) is 0 Å². The van der Waals surface area contributed by atoms with Gasteiger partial charge in [-0.15, -0.1) is 0 Å². The van der Waals surface area contributed by atoms with E-state index in [-0.39, 0.29) is 24.1 Å². The van der Waals surface area contributed by atoms with Crippen molar-refractivity contribution >= 4 is 17.7 Å². The van der Waals surface area contributed by atoms with Crippen LogP contribution in [0.3, 0.4) is 0 Å². The Morgan fingerprint density at radius 1 is 1.07 bits per heavy atom. The van der Waals surface area contributed by atoms with Crippen LogP contribution in [0, 0.1) is 11.8 Å². The number of benzene rings is 1. The van der Waals surface area contributed by atoms with Crippen molar-refractivity contribution in [3.05, 3.63) is 34.9 Å². The first-order valence-electron chi connectivity index (χ1n) is 10.3. The summed E-state index contributed by atoms with van der Waals surface area (Å²) >= 11 is 0. The number of imide groups is 1. The molecule has 28 heavy (non-hydrogen) atoms. The average molecular weight is 382 g/mol. The number of carbonyl (C=O) groups excluding carboxylic acids is 3. The van der Waals surface area contributed by atoms with Crippen molar-refractivity contribution in [2.75, 3.05) is 26.2 Å². The van der Waals surface area contributed by atoms with Crippen LogP contribution in [-0.4, -0.2) is 59.7 Å². The third-order valence-corrected chi connectivity index (χ3v) is 6.82. The third-order valence-electron chi connectivity index (χ3n) is 6.82. The van der Waals surface area contributed by atoms with Gasteiger partial charge in [-0.25, -0.2) is 0 Å². The Hall–Kier alpha value is -2.25. The maximum Gasteiger partial charge on any atom is 0.255 e. The van der Waals surface area contributed by atoms with Crippen molar-refractivity contribution in [1.82, 2.24) is 20.4 Å². The van der Waals surface area contributed by atoms with Gasteiger partial charge in [-0.2, -0.15) is 0 Å². The molecule has 1 aromatic carbocycles. The normalized spacial score (nSPS) is 30.4. The van der Waals surface area contributed by atoms with E-state index in [9.17, 15) is 14.4 Å². The second-order valence-electron chi connectivity index (χ2n) is 8.55. The summed E-state index contributed by atoms with van der Waals surface area (Å²) in [5.41, 5.74) is 2.81. The molecule has 0 saturated carbocycles. The summed E-state index contributed by atoms with van der Waals surface area (Å²) < 4.78 is 0. The van der Waals surface area contributed by atoms with Gasteiger partial charge in [-0.1, -0.05) is 18.2 Å². The summed E-state index contributed by atoms with van der Waals surface area (Å²) in [4.78, 5) is 41.0. The zero-order valence-corrected chi connectivity index (χ0v) is 15.9. The van der Waals surface area contributed by atoms with E-state index in [1.165, 1.54) is 6.42 Å². The number of rotatable bonds is 3. The maximum atomic E-state index is 13.2. The lowest BCUT2D eigenvalue weighted by molar-refractivity contribution is -0.136. The second-order valence-corrected chi connectivity index (χ2v) is 8.55. The van der Waals surface area contributed by atoms with Gasteiger partial charge in [0.25, 0.3) is 5.91 Å². The highest BCUT2D eigenvalue weighted by Crippen LogP contribution is 2.32. The third kappa shape index (κ3) is 3.02. The number of piperidine rings is 2. The quantitative estimate of drug-likeness (QED) is 0.744. The van der Waals surface area contributed by atoms with E-state index in [4.69, 9.17) is 0 Å². The van der Waals surface area contributed by atoms with E-state index in [2.05, 4.69) is 15.5 Å². The summed E-state index contributed by atoms with van der Waals surface area (Å²) in [6.45, 7) is 5.60. The molecule has 0 aliphatic carbocycles. The number of hydrogen-bond donors (Lipinski definition) is 2. The van der Waals surface area contributed by atoms with Crippen molar-refractivity contribution in [2.24, 2.45) is 11.8 Å². The zero-order valence-electron chi connectivity index (χ0n) is 15.9. The van der Waals surface area contributed by atoms with E-state index in [0.717, 1.165) is 55.3 Å². The number of fused-ring (bicyclic) bond motifs is 2. The number of nitrogens with one attached hydrogen (secondary N) is 2. The van der Waals surface area contributed by atoms with Gasteiger partial charge in [0.05, 0.1) is 0 Å². The molecular weight excluding hydrogens is 356 g/mol. The topological polar surface area (TPSA) is 81.8 Å². The average Bonchev–Trinajstić information content (AvgIpc) is 3.27. The van der Waals surface area contributed by atoms with Crippen LogP contribution >= 0.6 is 0 Å². The molecule has 4 aliphatic heterocycles. The zero-order chi connectivity index (χ0) is 19.3. The molecular formula is C21H26N4O3. The summed E-state index contributed by atoms with van der Waals surface area (Å²) in [7, 11) is 0. The standard InChI is InChI=1S/C21H26N4O3/c26-18-5-4-17(20(27)23-18)25-12-15-3-1-2-14(19(15)21(25)28)10-24-7-6-13-8-22-9-16(13)11-24/h1-3,13,16-17,22H,4-12H2,(H,23,26,27)/t13-,16-,17?/m0/s1. The first kappa shape index (κ1) is 17.8. The highest BCUT2D eigenvalue weighted by Gasteiger charge is 2.40. The van der Waals surface area contributed by atoms with Crippen molar-refractivity contribution in [3.63, 3.8) is 0 Å². The lowest BCUT2D eigenvalue weighted by Crippen LogP contribution is -2.52. The van der Waals surface area contributed by atoms with Crippen LogP contribution in [-0.2, 0) is 22.7 Å². The fourth-order valence-electron chi connectivity index (χ4n) is 5.32. The number of carbonyl (C=O) groups is 3. The summed E-state index contributed by atoms with van der Waals surface area (Å²) in [5.74, 6) is 0.826. The SMILES string of the molecule is O=C1CCC(N2Cc3cccc(CN4CC[C@H]5CNC[C@H]5C4)c3C2=O)C(=O)N1. The van der Waals surface area contributed by atoms with Gasteiger partial charge in [0.1, 0.15) is 6.04 Å². The largest absolute Gasteiger partial charge is 0.322 e. The molecule has 7 heteroatoms. The minimum atomic E-state index is -0.550. The van der Waals surface area contributed by atoms with Gasteiger partial charge in [0.2, 0.25) is 11.8 Å². The van der Waals surface area contributed by atoms with Crippen LogP contribution in [0.4, 0.5) is 0 Å². The number of nitrogens with zero attached hydrogens (tertiary/aromatic N) is 2. The molecule has 4 heterocycles. The molecule has 4 aliphatic rings. The molecule has 0 spiro atoms. The Morgan fingerprint density at radius 3 is 2.79 bits per heavy atom. The molecule has 3 atom stereocenters. The van der Waals surface area contributed by atoms with Crippen LogP contribution < -0.4 is 10.6 Å². The van der Waals surface area contributed by atoms with Crippen LogP contribution in [0.2, 0.25) is 0 Å². The van der Waals surface area contributed by atoms with Crippen LogP contribution in [0.25, 0.3) is 0 Å². The maximum absolute atomic E-state index is 13.2. The number of likely N-dealkylation sites (tertiary alicyclic amines) is 1.